The number of nitrogens with one attached hydrogen (secondary N) is 2. The number of hydrogen-bond acceptors (Lipinski definition) is 5. The molecule has 0 radical (unpaired) electrons. The Balaban J connectivity index is 1.77. The molecule has 5 nitrogen and oxygen atoms in total. The van der Waals surface area contributed by atoms with Crippen LogP contribution in [0.4, 0.5) is 5.69 Å². The first-order valence-corrected chi connectivity index (χ1v) is 9.01. The molecule has 0 saturated carbocycles. The van der Waals surface area contributed by atoms with Crippen LogP contribution in [0.5, 0.6) is 0 Å². The van der Waals surface area contributed by atoms with Crippen molar-refractivity contribution < 1.29 is 13.9 Å². The molecule has 0 unspecified atom stereocenters. The molecule has 7 heteroatoms. The summed E-state index contributed by atoms with van der Waals surface area (Å²) in [5.74, 6) is 2.36. The fourth-order valence-corrected chi connectivity index (χ4v) is 3.04. The monoisotopic (exact) mass is 364 g/mol. The molecule has 0 aliphatic rings. The van der Waals surface area contributed by atoms with E-state index in [0.29, 0.717) is 10.7 Å². The highest BCUT2D eigenvalue weighted by Gasteiger charge is 2.12. The zero-order valence-electron chi connectivity index (χ0n) is 13.6. The Labute approximate surface area is 151 Å². The first-order chi connectivity index (χ1) is 11.6. The molecule has 0 fully saturated rings. The van der Waals surface area contributed by atoms with Crippen LogP contribution in [0.25, 0.3) is 0 Å². The molecule has 0 saturated heterocycles. The van der Waals surface area contributed by atoms with Gasteiger partial charge in [-0.05, 0) is 49.0 Å². The second-order valence-corrected chi connectivity index (χ2v) is 6.50. The van der Waals surface area contributed by atoms with Gasteiger partial charge in [0.05, 0.1) is 24.7 Å². The minimum absolute atomic E-state index is 0.357. The fourth-order valence-electron chi connectivity index (χ4n) is 2.07. The predicted octanol–water partition coefficient (Wildman–Crippen LogP) is 3.59. The van der Waals surface area contributed by atoms with Crippen molar-refractivity contribution in [2.45, 2.75) is 12.7 Å². The number of ether oxygens (including phenoxy) is 1. The summed E-state index contributed by atoms with van der Waals surface area (Å²) in [6.45, 7) is 2.60. The standard InChI is InChI=1S/C17H20N2O3S2/c1-12-14(16(20)21-2)6-3-7-15(12)19-17(23)18-8-10-24-11-13-5-4-9-22-13/h3-7,9H,8,10-11H2,1-2H3,(H2,18,19,23). The Bertz CT molecular complexity index is 687. The highest BCUT2D eigenvalue weighted by atomic mass is 32.2. The number of hydrogen-bond donors (Lipinski definition) is 2. The summed E-state index contributed by atoms with van der Waals surface area (Å²) in [6, 6.07) is 9.25. The van der Waals surface area contributed by atoms with E-state index in [1.54, 1.807) is 30.2 Å². The first kappa shape index (κ1) is 18.4. The van der Waals surface area contributed by atoms with Gasteiger partial charge in [-0.3, -0.25) is 0 Å². The van der Waals surface area contributed by atoms with Gasteiger partial charge in [-0.1, -0.05) is 6.07 Å². The van der Waals surface area contributed by atoms with Crippen molar-refractivity contribution in [3.63, 3.8) is 0 Å². The number of carbonyl (C=O) groups is 1. The molecule has 1 aromatic carbocycles. The third kappa shape index (κ3) is 5.28. The number of esters is 1. The molecule has 0 atom stereocenters. The van der Waals surface area contributed by atoms with Gasteiger partial charge in [0.1, 0.15) is 5.76 Å². The molecular formula is C17H20N2O3S2. The number of thiocarbonyl (C=S) groups is 1. The van der Waals surface area contributed by atoms with Gasteiger partial charge in [0.15, 0.2) is 5.11 Å². The third-order valence-electron chi connectivity index (χ3n) is 3.34. The zero-order valence-corrected chi connectivity index (χ0v) is 15.3. The zero-order chi connectivity index (χ0) is 17.4. The van der Waals surface area contributed by atoms with Crippen molar-refractivity contribution in [2.75, 3.05) is 24.7 Å². The van der Waals surface area contributed by atoms with Crippen molar-refractivity contribution in [2.24, 2.45) is 0 Å². The lowest BCUT2D eigenvalue weighted by molar-refractivity contribution is 0.0600. The fraction of sp³-hybridized carbons (Fsp3) is 0.294. The lowest BCUT2D eigenvalue weighted by atomic mass is 10.1. The lowest BCUT2D eigenvalue weighted by Crippen LogP contribution is -2.30. The van der Waals surface area contributed by atoms with E-state index in [-0.39, 0.29) is 5.97 Å². The average molecular weight is 364 g/mol. The van der Waals surface area contributed by atoms with Gasteiger partial charge in [0.2, 0.25) is 0 Å². The van der Waals surface area contributed by atoms with E-state index in [1.807, 2.05) is 25.1 Å². The second-order valence-electron chi connectivity index (χ2n) is 4.98. The Morgan fingerprint density at radius 2 is 2.17 bits per heavy atom. The number of rotatable bonds is 7. The van der Waals surface area contributed by atoms with Crippen LogP contribution in [0.15, 0.2) is 41.0 Å². The maximum absolute atomic E-state index is 11.7. The Morgan fingerprint density at radius 1 is 1.33 bits per heavy atom. The molecule has 1 heterocycles. The van der Waals surface area contributed by atoms with Crippen molar-refractivity contribution in [3.8, 4) is 0 Å². The van der Waals surface area contributed by atoms with Gasteiger partial charge in [0, 0.05) is 18.0 Å². The predicted molar refractivity (Wildman–Crippen MR) is 102 cm³/mol. The summed E-state index contributed by atoms with van der Waals surface area (Å²) in [5, 5.41) is 6.80. The van der Waals surface area contributed by atoms with Gasteiger partial charge in [-0.15, -0.1) is 0 Å². The number of furan rings is 1. The molecular weight excluding hydrogens is 344 g/mol. The molecule has 24 heavy (non-hydrogen) atoms. The normalized spacial score (nSPS) is 10.2. The van der Waals surface area contributed by atoms with Gasteiger partial charge < -0.3 is 19.8 Å². The van der Waals surface area contributed by atoms with Gasteiger partial charge in [0.25, 0.3) is 0 Å². The number of benzene rings is 1. The number of methoxy groups -OCH3 is 1. The van der Waals surface area contributed by atoms with Crippen molar-refractivity contribution in [3.05, 3.63) is 53.5 Å². The largest absolute Gasteiger partial charge is 0.468 e. The number of thioether (sulfide) groups is 1. The van der Waals surface area contributed by atoms with E-state index in [2.05, 4.69) is 10.6 Å². The van der Waals surface area contributed by atoms with Gasteiger partial charge in [-0.25, -0.2) is 4.79 Å². The van der Waals surface area contributed by atoms with Crippen LogP contribution in [0.3, 0.4) is 0 Å². The third-order valence-corrected chi connectivity index (χ3v) is 4.57. The molecule has 128 valence electrons. The molecule has 0 aliphatic heterocycles. The highest BCUT2D eigenvalue weighted by Crippen LogP contribution is 2.19. The second kappa shape index (κ2) is 9.34. The van der Waals surface area contributed by atoms with Gasteiger partial charge >= 0.3 is 5.97 Å². The summed E-state index contributed by atoms with van der Waals surface area (Å²) < 4.78 is 10.0. The Kier molecular flexibility index (Phi) is 7.14. The summed E-state index contributed by atoms with van der Waals surface area (Å²) in [5.41, 5.74) is 2.12. The van der Waals surface area contributed by atoms with Crippen LogP contribution in [0.2, 0.25) is 0 Å². The van der Waals surface area contributed by atoms with Crippen LogP contribution >= 0.6 is 24.0 Å². The lowest BCUT2D eigenvalue weighted by Gasteiger charge is -2.14. The SMILES string of the molecule is COC(=O)c1cccc(NC(=S)NCCSCc2ccco2)c1C. The van der Waals surface area contributed by atoms with Crippen LogP contribution in [-0.4, -0.2) is 30.5 Å². The molecule has 1 aromatic heterocycles. The first-order valence-electron chi connectivity index (χ1n) is 7.44. The number of anilines is 1. The van der Waals surface area contributed by atoms with Crippen LogP contribution in [-0.2, 0) is 10.5 Å². The van der Waals surface area contributed by atoms with E-state index < -0.39 is 0 Å². The Hall–Kier alpha value is -1.99. The van der Waals surface area contributed by atoms with E-state index in [0.717, 1.165) is 35.1 Å². The van der Waals surface area contributed by atoms with E-state index >= 15 is 0 Å². The highest BCUT2D eigenvalue weighted by molar-refractivity contribution is 7.98. The molecule has 2 N–H and O–H groups in total. The summed E-state index contributed by atoms with van der Waals surface area (Å²) in [7, 11) is 1.37. The quantitative estimate of drug-likeness (QED) is 0.442. The topological polar surface area (TPSA) is 63.5 Å². The molecule has 0 aliphatic carbocycles. The van der Waals surface area contributed by atoms with E-state index in [9.17, 15) is 4.79 Å². The molecule has 0 amide bonds. The molecule has 2 aromatic rings. The molecule has 0 bridgehead atoms. The van der Waals surface area contributed by atoms with E-state index in [4.69, 9.17) is 21.4 Å². The van der Waals surface area contributed by atoms with Crippen LogP contribution in [0, 0.1) is 6.92 Å². The summed E-state index contributed by atoms with van der Waals surface area (Å²) >= 11 is 7.06. The van der Waals surface area contributed by atoms with Gasteiger partial charge in [-0.2, -0.15) is 11.8 Å². The maximum Gasteiger partial charge on any atom is 0.338 e. The molecule has 0 spiro atoms. The Morgan fingerprint density at radius 3 is 2.88 bits per heavy atom. The summed E-state index contributed by atoms with van der Waals surface area (Å²) in [6.07, 6.45) is 1.68. The maximum atomic E-state index is 11.7. The van der Waals surface area contributed by atoms with Crippen LogP contribution in [0.1, 0.15) is 21.7 Å². The molecule has 2 rings (SSSR count). The smallest absolute Gasteiger partial charge is 0.338 e. The van der Waals surface area contributed by atoms with Crippen LogP contribution < -0.4 is 10.6 Å². The van der Waals surface area contributed by atoms with Crippen molar-refractivity contribution >= 4 is 40.7 Å². The number of carbonyl (C=O) groups excluding carboxylic acids is 1. The summed E-state index contributed by atoms with van der Waals surface area (Å²) in [4.78, 5) is 11.7. The minimum Gasteiger partial charge on any atom is -0.468 e. The van der Waals surface area contributed by atoms with Crippen molar-refractivity contribution in [1.29, 1.82) is 0 Å². The average Bonchev–Trinajstić information content (AvgIpc) is 3.09. The van der Waals surface area contributed by atoms with E-state index in [1.165, 1.54) is 7.11 Å². The minimum atomic E-state index is -0.357. The van der Waals surface area contributed by atoms with Crippen molar-refractivity contribution in [1.82, 2.24) is 5.32 Å².